The van der Waals surface area contributed by atoms with Gasteiger partial charge in [-0.05, 0) is 31.9 Å². The molecule has 1 aromatic rings. The summed E-state index contributed by atoms with van der Waals surface area (Å²) in [6.45, 7) is 4.05. The fourth-order valence-electron chi connectivity index (χ4n) is 2.36. The van der Waals surface area contributed by atoms with Crippen LogP contribution in [-0.2, 0) is 4.74 Å². The van der Waals surface area contributed by atoms with Gasteiger partial charge in [0.1, 0.15) is 0 Å². The van der Waals surface area contributed by atoms with Gasteiger partial charge in [0.2, 0.25) is 0 Å². The molecule has 22 heavy (non-hydrogen) atoms. The van der Waals surface area contributed by atoms with Gasteiger partial charge in [-0.2, -0.15) is 0 Å². The fraction of sp³-hybridized carbons (Fsp3) is 0.556. The predicted octanol–water partition coefficient (Wildman–Crippen LogP) is 4.68. The number of carboxylic acid groups (broad SMARTS) is 1. The molecule has 0 heterocycles. The first-order chi connectivity index (χ1) is 10.6. The van der Waals surface area contributed by atoms with Crippen LogP contribution in [0.5, 0.6) is 0 Å². The molecular formula is C18H26O4. The van der Waals surface area contributed by atoms with Crippen LogP contribution in [0.2, 0.25) is 0 Å². The van der Waals surface area contributed by atoms with Crippen molar-refractivity contribution in [1.82, 2.24) is 0 Å². The first-order valence-electron chi connectivity index (χ1n) is 8.09. The van der Waals surface area contributed by atoms with Crippen LogP contribution in [0.3, 0.4) is 0 Å². The zero-order chi connectivity index (χ0) is 16.4. The number of carboxylic acids is 1. The molecule has 4 nitrogen and oxygen atoms in total. The lowest BCUT2D eigenvalue weighted by molar-refractivity contribution is 0.0313. The third-order valence-corrected chi connectivity index (χ3v) is 3.65. The Morgan fingerprint density at radius 1 is 1.05 bits per heavy atom. The van der Waals surface area contributed by atoms with Crippen molar-refractivity contribution in [2.75, 3.05) is 0 Å². The fourth-order valence-corrected chi connectivity index (χ4v) is 2.36. The summed E-state index contributed by atoms with van der Waals surface area (Å²) in [6, 6.07) is 6.14. The Labute approximate surface area is 132 Å². The van der Waals surface area contributed by atoms with E-state index in [1.165, 1.54) is 37.8 Å². The number of esters is 1. The summed E-state index contributed by atoms with van der Waals surface area (Å²) in [5.41, 5.74) is 0.101. The van der Waals surface area contributed by atoms with E-state index in [2.05, 4.69) is 6.92 Å². The van der Waals surface area contributed by atoms with Crippen LogP contribution in [0.25, 0.3) is 0 Å². The van der Waals surface area contributed by atoms with Crippen LogP contribution in [0.1, 0.15) is 79.5 Å². The van der Waals surface area contributed by atoms with Gasteiger partial charge in [-0.15, -0.1) is 0 Å². The summed E-state index contributed by atoms with van der Waals surface area (Å²) in [4.78, 5) is 23.2. The molecule has 0 aliphatic rings. The Balaban J connectivity index is 2.40. The van der Waals surface area contributed by atoms with Gasteiger partial charge in [-0.1, -0.05) is 51.2 Å². The largest absolute Gasteiger partial charge is 0.478 e. The lowest BCUT2D eigenvalue weighted by Crippen LogP contribution is -2.17. The van der Waals surface area contributed by atoms with Crippen LogP contribution < -0.4 is 0 Å². The second-order valence-corrected chi connectivity index (χ2v) is 5.62. The molecular weight excluding hydrogens is 280 g/mol. The number of benzene rings is 1. The van der Waals surface area contributed by atoms with Crippen LogP contribution >= 0.6 is 0 Å². The molecule has 0 fully saturated rings. The Bertz CT molecular complexity index is 482. The lowest BCUT2D eigenvalue weighted by atomic mass is 10.1. The molecule has 1 N–H and O–H groups in total. The number of rotatable bonds is 10. The minimum absolute atomic E-state index is 0.0146. The quantitative estimate of drug-likeness (QED) is 0.503. The average Bonchev–Trinajstić information content (AvgIpc) is 2.50. The molecule has 1 atom stereocenters. The highest BCUT2D eigenvalue weighted by atomic mass is 16.5. The van der Waals surface area contributed by atoms with E-state index in [1.54, 1.807) is 12.1 Å². The summed E-state index contributed by atoms with van der Waals surface area (Å²) in [6.07, 6.45) is 7.78. The maximum Gasteiger partial charge on any atom is 0.339 e. The predicted molar refractivity (Wildman–Crippen MR) is 86.3 cm³/mol. The molecule has 0 bridgehead atoms. The third-order valence-electron chi connectivity index (χ3n) is 3.65. The van der Waals surface area contributed by atoms with Crippen LogP contribution in [0.4, 0.5) is 0 Å². The van der Waals surface area contributed by atoms with E-state index in [-0.39, 0.29) is 17.2 Å². The molecule has 0 radical (unpaired) electrons. The minimum atomic E-state index is -1.11. The molecule has 122 valence electrons. The van der Waals surface area contributed by atoms with Crippen molar-refractivity contribution in [2.24, 2.45) is 0 Å². The number of ether oxygens (including phenoxy) is 1. The Morgan fingerprint density at radius 2 is 1.64 bits per heavy atom. The van der Waals surface area contributed by atoms with Crippen molar-refractivity contribution in [3.63, 3.8) is 0 Å². The van der Waals surface area contributed by atoms with Crippen LogP contribution in [-0.4, -0.2) is 23.1 Å². The summed E-state index contributed by atoms with van der Waals surface area (Å²) >= 11 is 0. The van der Waals surface area contributed by atoms with Gasteiger partial charge in [0, 0.05) is 0 Å². The lowest BCUT2D eigenvalue weighted by Gasteiger charge is -2.14. The third kappa shape index (κ3) is 6.29. The van der Waals surface area contributed by atoms with Crippen molar-refractivity contribution >= 4 is 11.9 Å². The maximum absolute atomic E-state index is 12.1. The Morgan fingerprint density at radius 3 is 2.27 bits per heavy atom. The molecule has 0 aromatic heterocycles. The molecule has 1 rings (SSSR count). The number of unbranched alkanes of at least 4 members (excludes halogenated alkanes) is 5. The molecule has 1 unspecified atom stereocenters. The van der Waals surface area contributed by atoms with E-state index in [9.17, 15) is 9.59 Å². The highest BCUT2D eigenvalue weighted by molar-refractivity contribution is 6.02. The SMILES string of the molecule is CCCCCCCCC(C)OC(=O)c1ccccc1C(=O)O. The van der Waals surface area contributed by atoms with E-state index in [4.69, 9.17) is 9.84 Å². The first-order valence-corrected chi connectivity index (χ1v) is 8.09. The second kappa shape index (κ2) is 9.98. The molecule has 4 heteroatoms. The summed E-state index contributed by atoms with van der Waals surface area (Å²) < 4.78 is 5.35. The van der Waals surface area contributed by atoms with Crippen LogP contribution in [0, 0.1) is 0 Å². The van der Waals surface area contributed by atoms with E-state index in [0.29, 0.717) is 0 Å². The maximum atomic E-state index is 12.1. The Kier molecular flexibility index (Phi) is 8.26. The molecule has 0 aliphatic heterocycles. The van der Waals surface area contributed by atoms with Crippen molar-refractivity contribution in [2.45, 2.75) is 64.9 Å². The van der Waals surface area contributed by atoms with E-state index in [1.807, 2.05) is 6.92 Å². The zero-order valence-corrected chi connectivity index (χ0v) is 13.5. The van der Waals surface area contributed by atoms with Crippen molar-refractivity contribution < 1.29 is 19.4 Å². The highest BCUT2D eigenvalue weighted by Gasteiger charge is 2.18. The average molecular weight is 306 g/mol. The molecule has 0 saturated heterocycles. The second-order valence-electron chi connectivity index (χ2n) is 5.62. The number of hydrogen-bond acceptors (Lipinski definition) is 3. The van der Waals surface area contributed by atoms with Gasteiger partial charge in [-0.3, -0.25) is 0 Å². The van der Waals surface area contributed by atoms with E-state index < -0.39 is 11.9 Å². The topological polar surface area (TPSA) is 63.6 Å². The van der Waals surface area contributed by atoms with Gasteiger partial charge in [0.05, 0.1) is 17.2 Å². The monoisotopic (exact) mass is 306 g/mol. The highest BCUT2D eigenvalue weighted by Crippen LogP contribution is 2.14. The summed E-state index contributed by atoms with van der Waals surface area (Å²) in [5.74, 6) is -1.67. The molecule has 0 aliphatic carbocycles. The van der Waals surface area contributed by atoms with Gasteiger partial charge in [0.15, 0.2) is 0 Å². The molecule has 0 spiro atoms. The zero-order valence-electron chi connectivity index (χ0n) is 13.5. The summed E-state index contributed by atoms with van der Waals surface area (Å²) in [5, 5.41) is 9.09. The van der Waals surface area contributed by atoms with Crippen molar-refractivity contribution in [1.29, 1.82) is 0 Å². The van der Waals surface area contributed by atoms with Gasteiger partial charge in [0.25, 0.3) is 0 Å². The van der Waals surface area contributed by atoms with Crippen molar-refractivity contribution in [3.8, 4) is 0 Å². The van der Waals surface area contributed by atoms with Gasteiger partial charge < -0.3 is 9.84 Å². The van der Waals surface area contributed by atoms with Crippen molar-refractivity contribution in [3.05, 3.63) is 35.4 Å². The van der Waals surface area contributed by atoms with Gasteiger partial charge in [-0.25, -0.2) is 9.59 Å². The molecule has 0 amide bonds. The number of hydrogen-bond donors (Lipinski definition) is 1. The first kappa shape index (κ1) is 18.2. The van der Waals surface area contributed by atoms with E-state index >= 15 is 0 Å². The van der Waals surface area contributed by atoms with Gasteiger partial charge >= 0.3 is 11.9 Å². The van der Waals surface area contributed by atoms with Crippen LogP contribution in [0.15, 0.2) is 24.3 Å². The number of aromatic carboxylic acids is 1. The normalized spacial score (nSPS) is 11.9. The molecule has 1 aromatic carbocycles. The number of carbonyl (C=O) groups is 2. The smallest absolute Gasteiger partial charge is 0.339 e. The minimum Gasteiger partial charge on any atom is -0.478 e. The molecule has 0 saturated carbocycles. The Hall–Kier alpha value is -1.84. The number of carbonyl (C=O) groups excluding carboxylic acids is 1. The standard InChI is InChI=1S/C18H26O4/c1-3-4-5-6-7-8-11-14(2)22-18(21)16-13-10-9-12-15(16)17(19)20/h9-10,12-14H,3-8,11H2,1-2H3,(H,19,20). The van der Waals surface area contributed by atoms with E-state index in [0.717, 1.165) is 19.3 Å². The summed E-state index contributed by atoms with van der Waals surface area (Å²) in [7, 11) is 0.